The Morgan fingerprint density at radius 2 is 1.54 bits per heavy atom. The Kier molecular flexibility index (Phi) is 7.71. The summed E-state index contributed by atoms with van der Waals surface area (Å²) < 4.78 is 5.05. The Balaban J connectivity index is 2.83. The van der Waals surface area contributed by atoms with Gasteiger partial charge in [-0.15, -0.1) is 0 Å². The van der Waals surface area contributed by atoms with Crippen molar-refractivity contribution in [1.29, 1.82) is 0 Å². The Labute approximate surface area is 134 Å². The highest BCUT2D eigenvalue weighted by atomic mass is 16.6. The monoisotopic (exact) mass is 344 g/mol. The second-order valence-electron chi connectivity index (χ2n) is 4.70. The highest BCUT2D eigenvalue weighted by Gasteiger charge is 2.45. The maximum atomic E-state index is 11.6. The van der Waals surface area contributed by atoms with Crippen molar-refractivity contribution in [3.63, 3.8) is 0 Å². The molecule has 1 aliphatic rings. The molecule has 2 amide bonds. The van der Waals surface area contributed by atoms with Gasteiger partial charge in [0.1, 0.15) is 31.3 Å². The van der Waals surface area contributed by atoms with Crippen LogP contribution in [-0.2, 0) is 14.3 Å². The van der Waals surface area contributed by atoms with Gasteiger partial charge in [0.05, 0.1) is 12.6 Å². The maximum Gasteiger partial charge on any atom is 0.226 e. The number of nitrogens with one attached hydrogen (secondary N) is 2. The first-order valence-electron chi connectivity index (χ1n) is 6.67. The zero-order chi connectivity index (χ0) is 18.1. The van der Waals surface area contributed by atoms with Gasteiger partial charge in [-0.3, -0.25) is 9.59 Å². The maximum absolute atomic E-state index is 11.6. The number of rotatable bonds is 7. The van der Waals surface area contributed by atoms with Crippen LogP contribution in [0.3, 0.4) is 0 Å². The molecule has 2 unspecified atom stereocenters. The van der Waals surface area contributed by atoms with Gasteiger partial charge in [0.25, 0.3) is 0 Å². The van der Waals surface area contributed by atoms with Gasteiger partial charge in [0.2, 0.25) is 11.8 Å². The third-order valence-corrected chi connectivity index (χ3v) is 3.15. The highest BCUT2D eigenvalue weighted by molar-refractivity contribution is 5.79. The second kappa shape index (κ2) is 9.52. The van der Waals surface area contributed by atoms with Crippen molar-refractivity contribution in [3.05, 3.63) is 20.9 Å². The molecule has 0 aromatic heterocycles. The van der Waals surface area contributed by atoms with Crippen LogP contribution >= 0.6 is 0 Å². The smallest absolute Gasteiger partial charge is 0.226 e. The van der Waals surface area contributed by atoms with Gasteiger partial charge in [-0.1, -0.05) is 10.2 Å². The van der Waals surface area contributed by atoms with Gasteiger partial charge in [-0.25, -0.2) is 0 Å². The summed E-state index contributed by atoms with van der Waals surface area (Å²) in [6, 6.07) is -2.54. The van der Waals surface area contributed by atoms with E-state index >= 15 is 0 Å². The fourth-order valence-electron chi connectivity index (χ4n) is 2.11. The van der Waals surface area contributed by atoms with Crippen LogP contribution in [0.5, 0.6) is 0 Å². The van der Waals surface area contributed by atoms with Crippen LogP contribution < -0.4 is 10.6 Å². The third-order valence-electron chi connectivity index (χ3n) is 3.15. The van der Waals surface area contributed by atoms with E-state index in [1.54, 1.807) is 0 Å². The first kappa shape index (κ1) is 19.4. The number of azide groups is 2. The molecule has 14 nitrogen and oxygen atoms in total. The molecule has 1 rings (SSSR count). The number of amides is 2. The number of carbonyl (C=O) groups excluding carboxylic acids is 2. The lowest BCUT2D eigenvalue weighted by Gasteiger charge is -2.42. The van der Waals surface area contributed by atoms with Crippen molar-refractivity contribution in [2.75, 3.05) is 19.7 Å². The zero-order valence-electron chi connectivity index (χ0n) is 12.3. The molecule has 0 aromatic carbocycles. The lowest BCUT2D eigenvalue weighted by atomic mass is 9.94. The summed E-state index contributed by atoms with van der Waals surface area (Å²) in [6.07, 6.45) is -4.36. The molecule has 1 aliphatic heterocycles. The predicted octanol–water partition coefficient (Wildman–Crippen LogP) is -2.35. The van der Waals surface area contributed by atoms with E-state index in [0.29, 0.717) is 0 Å². The molecule has 1 heterocycles. The fraction of sp³-hybridized carbons (Fsp3) is 0.800. The fourth-order valence-corrected chi connectivity index (χ4v) is 2.11. The van der Waals surface area contributed by atoms with Crippen molar-refractivity contribution in [2.24, 2.45) is 10.2 Å². The Morgan fingerprint density at radius 1 is 1.04 bits per heavy atom. The molecule has 5 atom stereocenters. The standard InChI is InChI=1S/C10H16N8O6/c11-17-13-1-5(20)15-7-4(3-19)24-10(23)8(9(7)22)16-6(21)2-14-18-12/h4,7-10,19,22-23H,1-3H2,(H,15,20)(H,16,21)/t4?,7-,8?,9+,10-/m1/s1. The molecule has 0 aromatic rings. The van der Waals surface area contributed by atoms with Gasteiger partial charge in [0.15, 0.2) is 6.29 Å². The molecule has 132 valence electrons. The summed E-state index contributed by atoms with van der Waals surface area (Å²) in [6.45, 7) is -1.75. The molecular weight excluding hydrogens is 328 g/mol. The number of hydrogen-bond donors (Lipinski definition) is 5. The van der Waals surface area contributed by atoms with E-state index in [4.69, 9.17) is 15.8 Å². The van der Waals surface area contributed by atoms with Crippen LogP contribution in [0, 0.1) is 0 Å². The normalized spacial score (nSPS) is 28.9. The summed E-state index contributed by atoms with van der Waals surface area (Å²) in [7, 11) is 0. The summed E-state index contributed by atoms with van der Waals surface area (Å²) in [5, 5.41) is 39.9. The van der Waals surface area contributed by atoms with Gasteiger partial charge in [0, 0.05) is 9.82 Å². The first-order valence-corrected chi connectivity index (χ1v) is 6.67. The molecule has 5 N–H and O–H groups in total. The average molecular weight is 344 g/mol. The predicted molar refractivity (Wildman–Crippen MR) is 75.9 cm³/mol. The third kappa shape index (κ3) is 5.24. The molecule has 0 radical (unpaired) electrons. The van der Waals surface area contributed by atoms with Crippen molar-refractivity contribution >= 4 is 11.8 Å². The second-order valence-corrected chi connectivity index (χ2v) is 4.70. The van der Waals surface area contributed by atoms with E-state index in [-0.39, 0.29) is 0 Å². The molecule has 14 heteroatoms. The van der Waals surface area contributed by atoms with Crippen LogP contribution in [0.15, 0.2) is 10.2 Å². The SMILES string of the molecule is [N-]=[N+]=NCC(=O)NC1[C@H](O)OC(CO)[C@@H](NC(=O)CN=[N+]=[N-])[C@@H]1O. The molecule has 1 saturated heterocycles. The quantitative estimate of drug-likeness (QED) is 0.193. The summed E-state index contributed by atoms with van der Waals surface area (Å²) in [4.78, 5) is 27.9. The molecular formula is C10H16N8O6. The lowest BCUT2D eigenvalue weighted by molar-refractivity contribution is -0.226. The first-order chi connectivity index (χ1) is 11.4. The van der Waals surface area contributed by atoms with Crippen molar-refractivity contribution in [1.82, 2.24) is 10.6 Å². The number of hydrogen-bond acceptors (Lipinski definition) is 8. The van der Waals surface area contributed by atoms with E-state index in [0.717, 1.165) is 0 Å². The van der Waals surface area contributed by atoms with Crippen molar-refractivity contribution in [2.45, 2.75) is 30.6 Å². The number of nitrogens with zero attached hydrogens (tertiary/aromatic N) is 6. The van der Waals surface area contributed by atoms with E-state index in [1.165, 1.54) is 0 Å². The molecule has 0 saturated carbocycles. The number of aliphatic hydroxyl groups excluding tert-OH is 3. The Bertz CT molecular complexity index is 560. The van der Waals surface area contributed by atoms with E-state index in [1.807, 2.05) is 0 Å². The molecule has 0 aliphatic carbocycles. The number of ether oxygens (including phenoxy) is 1. The largest absolute Gasteiger partial charge is 0.394 e. The van der Waals surface area contributed by atoms with Crippen LogP contribution in [-0.4, -0.2) is 77.4 Å². The van der Waals surface area contributed by atoms with Crippen LogP contribution in [0.2, 0.25) is 0 Å². The lowest BCUT2D eigenvalue weighted by Crippen LogP contribution is -2.68. The number of carbonyl (C=O) groups is 2. The van der Waals surface area contributed by atoms with Crippen molar-refractivity contribution < 1.29 is 29.6 Å². The Hall–Kier alpha value is -2.60. The van der Waals surface area contributed by atoms with Gasteiger partial charge in [-0.05, 0) is 11.1 Å². The topological polar surface area (TPSA) is 226 Å². The van der Waals surface area contributed by atoms with E-state index in [9.17, 15) is 24.9 Å². The minimum absolute atomic E-state index is 0.547. The van der Waals surface area contributed by atoms with Gasteiger partial charge in [-0.2, -0.15) is 0 Å². The summed E-state index contributed by atoms with van der Waals surface area (Å²) >= 11 is 0. The van der Waals surface area contributed by atoms with Crippen molar-refractivity contribution in [3.8, 4) is 0 Å². The van der Waals surface area contributed by atoms with E-state index < -0.39 is 62.1 Å². The van der Waals surface area contributed by atoms with Crippen LogP contribution in [0.4, 0.5) is 0 Å². The minimum Gasteiger partial charge on any atom is -0.394 e. The summed E-state index contributed by atoms with van der Waals surface area (Å²) in [5.74, 6) is -1.55. The van der Waals surface area contributed by atoms with Gasteiger partial charge < -0.3 is 30.7 Å². The average Bonchev–Trinajstić information content (AvgIpc) is 2.57. The highest BCUT2D eigenvalue weighted by Crippen LogP contribution is 2.20. The van der Waals surface area contributed by atoms with E-state index in [2.05, 4.69) is 30.7 Å². The minimum atomic E-state index is -1.67. The zero-order valence-corrected chi connectivity index (χ0v) is 12.3. The van der Waals surface area contributed by atoms with Crippen LogP contribution in [0.25, 0.3) is 20.9 Å². The molecule has 0 spiro atoms. The molecule has 24 heavy (non-hydrogen) atoms. The summed E-state index contributed by atoms with van der Waals surface area (Å²) in [5.41, 5.74) is 16.3. The molecule has 0 bridgehead atoms. The number of aliphatic hydroxyl groups is 3. The molecule has 1 fully saturated rings. The Morgan fingerprint density at radius 3 is 2.00 bits per heavy atom. The van der Waals surface area contributed by atoms with Crippen LogP contribution in [0.1, 0.15) is 0 Å². The van der Waals surface area contributed by atoms with Gasteiger partial charge >= 0.3 is 0 Å².